The number of hydrogen-bond donors (Lipinski definition) is 1. The molecule has 2 aromatic heterocycles. The quantitative estimate of drug-likeness (QED) is 0.749. The number of nitrogens with zero attached hydrogens (tertiary/aromatic N) is 2. The molecule has 3 rings (SSSR count). The molecular formula is C14H13BrFN3S. The maximum Gasteiger partial charge on any atom is 0.194 e. The Balaban J connectivity index is 1.90. The lowest BCUT2D eigenvalue weighted by Crippen LogP contribution is -2.05. The van der Waals surface area contributed by atoms with Crippen LogP contribution in [0.2, 0.25) is 0 Å². The largest absolute Gasteiger partial charge is 0.378 e. The fraction of sp³-hybridized carbons (Fsp3) is 0.214. The highest BCUT2D eigenvalue weighted by Crippen LogP contribution is 2.25. The van der Waals surface area contributed by atoms with Crippen LogP contribution in [0.3, 0.4) is 0 Å². The highest BCUT2D eigenvalue weighted by molar-refractivity contribution is 9.10. The van der Waals surface area contributed by atoms with E-state index in [2.05, 4.69) is 42.9 Å². The van der Waals surface area contributed by atoms with Crippen molar-refractivity contribution in [2.45, 2.75) is 20.4 Å². The van der Waals surface area contributed by atoms with Crippen LogP contribution in [-0.4, -0.2) is 9.38 Å². The van der Waals surface area contributed by atoms with E-state index in [-0.39, 0.29) is 5.82 Å². The van der Waals surface area contributed by atoms with Crippen LogP contribution in [0.1, 0.15) is 17.1 Å². The summed E-state index contributed by atoms with van der Waals surface area (Å²) >= 11 is 5.00. The number of halogens is 2. The Morgan fingerprint density at radius 1 is 1.40 bits per heavy atom. The van der Waals surface area contributed by atoms with Gasteiger partial charge in [-0.3, -0.25) is 4.40 Å². The van der Waals surface area contributed by atoms with Crippen LogP contribution in [0.25, 0.3) is 4.96 Å². The van der Waals surface area contributed by atoms with Crippen molar-refractivity contribution in [2.75, 3.05) is 5.32 Å². The van der Waals surface area contributed by atoms with Gasteiger partial charge in [-0.05, 0) is 48.0 Å². The normalized spacial score (nSPS) is 11.2. The second-order valence-electron chi connectivity index (χ2n) is 4.62. The summed E-state index contributed by atoms with van der Waals surface area (Å²) in [5.74, 6) is -0.251. The second kappa shape index (κ2) is 5.18. The summed E-state index contributed by atoms with van der Waals surface area (Å²) in [6.45, 7) is 4.73. The zero-order chi connectivity index (χ0) is 14.3. The molecule has 0 fully saturated rings. The van der Waals surface area contributed by atoms with E-state index in [0.29, 0.717) is 6.54 Å². The molecule has 0 saturated heterocycles. The van der Waals surface area contributed by atoms with Gasteiger partial charge in [0.05, 0.1) is 17.9 Å². The topological polar surface area (TPSA) is 29.3 Å². The van der Waals surface area contributed by atoms with Crippen LogP contribution in [0.15, 0.2) is 28.1 Å². The first kappa shape index (κ1) is 13.6. The van der Waals surface area contributed by atoms with Gasteiger partial charge in [0.25, 0.3) is 0 Å². The first-order valence-electron chi connectivity index (χ1n) is 6.17. The first-order valence-corrected chi connectivity index (χ1v) is 7.84. The standard InChI is InChI=1S/C14H13BrFN3S/c1-8-7-20-14-18-9(2)13(19(8)14)6-17-12-4-3-10(16)5-11(12)15/h3-5,7,17H,6H2,1-2H3. The molecule has 0 bridgehead atoms. The van der Waals surface area contributed by atoms with Crippen molar-refractivity contribution >= 4 is 37.9 Å². The summed E-state index contributed by atoms with van der Waals surface area (Å²) in [4.78, 5) is 5.56. The van der Waals surface area contributed by atoms with Gasteiger partial charge in [0.2, 0.25) is 0 Å². The number of anilines is 1. The van der Waals surface area contributed by atoms with Crippen LogP contribution in [-0.2, 0) is 6.54 Å². The Kier molecular flexibility index (Phi) is 3.52. The zero-order valence-corrected chi connectivity index (χ0v) is 13.5. The minimum atomic E-state index is -0.251. The SMILES string of the molecule is Cc1nc2scc(C)n2c1CNc1ccc(F)cc1Br. The molecule has 0 spiro atoms. The fourth-order valence-corrected chi connectivity index (χ4v) is 3.61. The van der Waals surface area contributed by atoms with Crippen molar-refractivity contribution in [3.05, 3.63) is 51.0 Å². The van der Waals surface area contributed by atoms with Crippen molar-refractivity contribution in [1.82, 2.24) is 9.38 Å². The Morgan fingerprint density at radius 3 is 2.95 bits per heavy atom. The van der Waals surface area contributed by atoms with Crippen LogP contribution in [0, 0.1) is 19.7 Å². The maximum absolute atomic E-state index is 13.1. The van der Waals surface area contributed by atoms with Crippen molar-refractivity contribution in [1.29, 1.82) is 0 Å². The summed E-state index contributed by atoms with van der Waals surface area (Å²) in [6.07, 6.45) is 0. The Morgan fingerprint density at radius 2 is 2.20 bits per heavy atom. The molecule has 0 aliphatic carbocycles. The number of imidazole rings is 1. The molecule has 3 aromatic rings. The molecule has 0 unspecified atom stereocenters. The van der Waals surface area contributed by atoms with Gasteiger partial charge in [0.1, 0.15) is 5.82 Å². The third kappa shape index (κ3) is 2.33. The molecular weight excluding hydrogens is 341 g/mol. The molecule has 6 heteroatoms. The molecule has 3 nitrogen and oxygen atoms in total. The summed E-state index contributed by atoms with van der Waals surface area (Å²) < 4.78 is 16.0. The fourth-order valence-electron chi connectivity index (χ4n) is 2.19. The van der Waals surface area contributed by atoms with E-state index in [1.54, 1.807) is 17.4 Å². The van der Waals surface area contributed by atoms with Gasteiger partial charge in [-0.1, -0.05) is 0 Å². The van der Waals surface area contributed by atoms with E-state index < -0.39 is 0 Å². The van der Waals surface area contributed by atoms with E-state index in [1.165, 1.54) is 17.8 Å². The van der Waals surface area contributed by atoms with E-state index in [4.69, 9.17) is 0 Å². The Labute approximate surface area is 128 Å². The minimum Gasteiger partial charge on any atom is -0.378 e. The molecule has 0 aliphatic rings. The third-order valence-corrected chi connectivity index (χ3v) is 4.81. The van der Waals surface area contributed by atoms with Gasteiger partial charge in [-0.2, -0.15) is 0 Å². The van der Waals surface area contributed by atoms with Crippen LogP contribution in [0.4, 0.5) is 10.1 Å². The molecule has 0 radical (unpaired) electrons. The molecule has 1 aromatic carbocycles. The van der Waals surface area contributed by atoms with Crippen LogP contribution in [0.5, 0.6) is 0 Å². The molecule has 0 atom stereocenters. The van der Waals surface area contributed by atoms with Gasteiger partial charge >= 0.3 is 0 Å². The predicted molar refractivity (Wildman–Crippen MR) is 84.0 cm³/mol. The highest BCUT2D eigenvalue weighted by atomic mass is 79.9. The molecule has 1 N–H and O–H groups in total. The summed E-state index contributed by atoms with van der Waals surface area (Å²) in [5, 5.41) is 5.42. The van der Waals surface area contributed by atoms with Gasteiger partial charge in [0.15, 0.2) is 4.96 Å². The zero-order valence-electron chi connectivity index (χ0n) is 11.1. The van der Waals surface area contributed by atoms with E-state index in [1.807, 2.05) is 6.92 Å². The highest BCUT2D eigenvalue weighted by Gasteiger charge is 2.12. The van der Waals surface area contributed by atoms with Crippen LogP contribution >= 0.6 is 27.3 Å². The van der Waals surface area contributed by atoms with E-state index in [9.17, 15) is 4.39 Å². The number of rotatable bonds is 3. The molecule has 104 valence electrons. The Bertz CT molecular complexity index is 778. The first-order chi connectivity index (χ1) is 9.56. The minimum absolute atomic E-state index is 0.251. The van der Waals surface area contributed by atoms with Crippen molar-refractivity contribution in [2.24, 2.45) is 0 Å². The number of nitrogens with one attached hydrogen (secondary N) is 1. The number of thiazole rings is 1. The lowest BCUT2D eigenvalue weighted by molar-refractivity contribution is 0.627. The van der Waals surface area contributed by atoms with E-state index in [0.717, 1.165) is 26.5 Å². The molecule has 0 saturated carbocycles. The monoisotopic (exact) mass is 353 g/mol. The van der Waals surface area contributed by atoms with Crippen molar-refractivity contribution in [3.63, 3.8) is 0 Å². The number of fused-ring (bicyclic) bond motifs is 1. The molecule has 0 amide bonds. The number of aromatic nitrogens is 2. The lowest BCUT2D eigenvalue weighted by Gasteiger charge is -2.09. The van der Waals surface area contributed by atoms with Gasteiger partial charge in [-0.25, -0.2) is 9.37 Å². The summed E-state index contributed by atoms with van der Waals surface area (Å²) in [7, 11) is 0. The van der Waals surface area contributed by atoms with Crippen molar-refractivity contribution < 1.29 is 4.39 Å². The number of aryl methyl sites for hydroxylation is 2. The maximum atomic E-state index is 13.1. The van der Waals surface area contributed by atoms with Gasteiger partial charge in [-0.15, -0.1) is 11.3 Å². The smallest absolute Gasteiger partial charge is 0.194 e. The van der Waals surface area contributed by atoms with Crippen molar-refractivity contribution in [3.8, 4) is 0 Å². The molecule has 20 heavy (non-hydrogen) atoms. The second-order valence-corrected chi connectivity index (χ2v) is 6.31. The van der Waals surface area contributed by atoms with Crippen LogP contribution < -0.4 is 5.32 Å². The third-order valence-electron chi connectivity index (χ3n) is 3.21. The number of hydrogen-bond acceptors (Lipinski definition) is 3. The lowest BCUT2D eigenvalue weighted by atomic mass is 10.3. The number of benzene rings is 1. The Hall–Kier alpha value is -1.40. The van der Waals surface area contributed by atoms with Gasteiger partial charge in [0, 0.05) is 21.2 Å². The summed E-state index contributed by atoms with van der Waals surface area (Å²) in [5.41, 5.74) is 4.20. The van der Waals surface area contributed by atoms with Gasteiger partial charge < -0.3 is 5.32 Å². The van der Waals surface area contributed by atoms with E-state index >= 15 is 0 Å². The average Bonchev–Trinajstić information content (AvgIpc) is 2.89. The molecule has 2 heterocycles. The summed E-state index contributed by atoms with van der Waals surface area (Å²) in [6, 6.07) is 4.63. The molecule has 0 aliphatic heterocycles. The average molecular weight is 354 g/mol. The predicted octanol–water partition coefficient (Wildman–Crippen LogP) is 4.53.